The summed E-state index contributed by atoms with van der Waals surface area (Å²) in [6, 6.07) is 8.57. The van der Waals surface area contributed by atoms with Gasteiger partial charge in [0.1, 0.15) is 0 Å². The Balaban J connectivity index is 1.34. The first kappa shape index (κ1) is 18.4. The molecule has 1 aromatic carbocycles. The summed E-state index contributed by atoms with van der Waals surface area (Å²) in [6.45, 7) is 4.75. The Hall–Kier alpha value is -2.93. The van der Waals surface area contributed by atoms with E-state index >= 15 is 0 Å². The van der Waals surface area contributed by atoms with E-state index in [2.05, 4.69) is 27.5 Å². The Labute approximate surface area is 164 Å². The lowest BCUT2D eigenvalue weighted by atomic mass is 10.1. The fourth-order valence-electron chi connectivity index (χ4n) is 3.58. The molecule has 146 valence electrons. The minimum absolute atomic E-state index is 0.0849. The molecule has 1 aliphatic heterocycles. The van der Waals surface area contributed by atoms with E-state index in [0.29, 0.717) is 18.2 Å². The Kier molecular flexibility index (Phi) is 5.53. The number of hydrogen-bond acceptors (Lipinski definition) is 4. The van der Waals surface area contributed by atoms with Gasteiger partial charge in [0.25, 0.3) is 5.91 Å². The number of ether oxygens (including phenoxy) is 1. The summed E-state index contributed by atoms with van der Waals surface area (Å²) in [6.07, 6.45) is 9.07. The number of carbonyl (C=O) groups excluding carboxylic acids is 1. The summed E-state index contributed by atoms with van der Waals surface area (Å²) in [5.74, 6) is -0.0849. The lowest BCUT2D eigenvalue weighted by Crippen LogP contribution is -2.24. The topological polar surface area (TPSA) is 74.0 Å². The van der Waals surface area contributed by atoms with Crippen molar-refractivity contribution >= 4 is 5.91 Å². The van der Waals surface area contributed by atoms with Gasteiger partial charge in [-0.3, -0.25) is 9.48 Å². The molecule has 3 heterocycles. The van der Waals surface area contributed by atoms with Gasteiger partial charge in [-0.15, -0.1) is 0 Å². The van der Waals surface area contributed by atoms with E-state index in [-0.39, 0.29) is 5.91 Å². The molecule has 1 fully saturated rings. The molecule has 1 N–H and O–H groups in total. The average Bonchev–Trinajstić information content (AvgIpc) is 3.37. The van der Waals surface area contributed by atoms with E-state index in [1.807, 2.05) is 34.5 Å². The van der Waals surface area contributed by atoms with Gasteiger partial charge in [-0.25, -0.2) is 4.98 Å². The van der Waals surface area contributed by atoms with Crippen LogP contribution in [0.1, 0.15) is 46.1 Å². The number of carbonyl (C=O) groups is 1. The fraction of sp³-hybridized carbons (Fsp3) is 0.381. The summed E-state index contributed by atoms with van der Waals surface area (Å²) >= 11 is 0. The van der Waals surface area contributed by atoms with Crippen molar-refractivity contribution in [2.45, 2.75) is 38.9 Å². The summed E-state index contributed by atoms with van der Waals surface area (Å²) < 4.78 is 9.41. The lowest BCUT2D eigenvalue weighted by molar-refractivity contribution is 0.0656. The molecule has 0 spiro atoms. The number of hydrogen-bond donors (Lipinski definition) is 1. The highest BCUT2D eigenvalue weighted by Gasteiger charge is 2.21. The van der Waals surface area contributed by atoms with E-state index in [9.17, 15) is 4.79 Å². The molecular weight excluding hydrogens is 354 g/mol. The Bertz CT molecular complexity index is 909. The molecule has 4 rings (SSSR count). The van der Waals surface area contributed by atoms with Gasteiger partial charge in [0.05, 0.1) is 24.1 Å². The van der Waals surface area contributed by atoms with Crippen molar-refractivity contribution in [3.8, 4) is 0 Å². The summed E-state index contributed by atoms with van der Waals surface area (Å²) in [5.41, 5.74) is 3.82. The first-order valence-electron chi connectivity index (χ1n) is 9.64. The van der Waals surface area contributed by atoms with Crippen LogP contribution in [0.3, 0.4) is 0 Å². The van der Waals surface area contributed by atoms with Crippen LogP contribution in [0.15, 0.2) is 49.2 Å². The quantitative estimate of drug-likeness (QED) is 0.715. The molecule has 2 aromatic heterocycles. The van der Waals surface area contributed by atoms with Gasteiger partial charge in [-0.2, -0.15) is 5.10 Å². The summed E-state index contributed by atoms with van der Waals surface area (Å²) in [4.78, 5) is 16.7. The minimum Gasteiger partial charge on any atom is -0.381 e. The molecule has 1 aliphatic rings. The number of nitrogens with one attached hydrogen (secondary N) is 1. The average molecular weight is 379 g/mol. The predicted molar refractivity (Wildman–Crippen MR) is 105 cm³/mol. The van der Waals surface area contributed by atoms with Crippen molar-refractivity contribution in [1.82, 2.24) is 24.6 Å². The molecule has 28 heavy (non-hydrogen) atoms. The number of benzene rings is 1. The third kappa shape index (κ3) is 4.14. The number of imidazole rings is 1. The van der Waals surface area contributed by atoms with Crippen LogP contribution in [0.5, 0.6) is 0 Å². The van der Waals surface area contributed by atoms with Gasteiger partial charge >= 0.3 is 0 Å². The Morgan fingerprint density at radius 1 is 1.21 bits per heavy atom. The lowest BCUT2D eigenvalue weighted by Gasteiger charge is -2.23. The summed E-state index contributed by atoms with van der Waals surface area (Å²) in [5, 5.41) is 7.46. The highest BCUT2D eigenvalue weighted by molar-refractivity contribution is 5.95. The Morgan fingerprint density at radius 2 is 1.96 bits per heavy atom. The number of amides is 1. The van der Waals surface area contributed by atoms with E-state index in [4.69, 9.17) is 4.74 Å². The zero-order chi connectivity index (χ0) is 19.3. The molecule has 1 saturated heterocycles. The van der Waals surface area contributed by atoms with Gasteiger partial charge in [0, 0.05) is 44.4 Å². The smallest absolute Gasteiger partial charge is 0.255 e. The van der Waals surface area contributed by atoms with E-state index in [0.717, 1.165) is 43.9 Å². The van der Waals surface area contributed by atoms with Gasteiger partial charge in [-0.1, -0.05) is 24.3 Å². The first-order valence-corrected chi connectivity index (χ1v) is 9.64. The van der Waals surface area contributed by atoms with Crippen LogP contribution in [0.2, 0.25) is 0 Å². The molecule has 0 atom stereocenters. The third-order valence-corrected chi connectivity index (χ3v) is 5.23. The number of nitrogens with zero attached hydrogens (tertiary/aromatic N) is 4. The molecule has 0 aliphatic carbocycles. The van der Waals surface area contributed by atoms with Crippen LogP contribution in [-0.4, -0.2) is 38.5 Å². The monoisotopic (exact) mass is 379 g/mol. The van der Waals surface area contributed by atoms with Crippen molar-refractivity contribution in [2.75, 3.05) is 13.2 Å². The maximum Gasteiger partial charge on any atom is 0.255 e. The number of rotatable bonds is 6. The van der Waals surface area contributed by atoms with E-state index in [1.165, 1.54) is 5.56 Å². The van der Waals surface area contributed by atoms with Gasteiger partial charge in [-0.05, 0) is 30.9 Å². The van der Waals surface area contributed by atoms with Crippen molar-refractivity contribution in [1.29, 1.82) is 0 Å². The van der Waals surface area contributed by atoms with Crippen LogP contribution < -0.4 is 5.32 Å². The molecular formula is C21H25N5O2. The van der Waals surface area contributed by atoms with Gasteiger partial charge < -0.3 is 14.6 Å². The molecule has 3 aromatic rings. The Morgan fingerprint density at radius 3 is 2.68 bits per heavy atom. The second kappa shape index (κ2) is 8.39. The normalized spacial score (nSPS) is 14.9. The zero-order valence-corrected chi connectivity index (χ0v) is 16.0. The fourth-order valence-corrected chi connectivity index (χ4v) is 3.58. The largest absolute Gasteiger partial charge is 0.381 e. The molecule has 7 heteroatoms. The minimum atomic E-state index is -0.0849. The molecule has 0 unspecified atom stereocenters. The molecule has 0 saturated carbocycles. The van der Waals surface area contributed by atoms with Crippen molar-refractivity contribution in [3.05, 3.63) is 71.6 Å². The summed E-state index contributed by atoms with van der Waals surface area (Å²) in [7, 11) is 0. The SMILES string of the molecule is Cc1c(C(=O)NCc2ccc(Cn3ccnc3)cc2)cnn1C1CCOCC1. The van der Waals surface area contributed by atoms with Gasteiger partial charge in [0.15, 0.2) is 0 Å². The standard InChI is InChI=1S/C21H25N5O2/c1-16-20(13-24-26(16)19-6-10-28-11-7-19)21(27)23-12-17-2-4-18(5-3-17)14-25-9-8-22-15-25/h2-5,8-9,13,15,19H,6-7,10-12,14H2,1H3,(H,23,27). The van der Waals surface area contributed by atoms with Crippen LogP contribution in [0.25, 0.3) is 0 Å². The van der Waals surface area contributed by atoms with Crippen molar-refractivity contribution in [3.63, 3.8) is 0 Å². The molecule has 0 bridgehead atoms. The maximum atomic E-state index is 12.6. The van der Waals surface area contributed by atoms with Crippen molar-refractivity contribution in [2.24, 2.45) is 0 Å². The van der Waals surface area contributed by atoms with Crippen molar-refractivity contribution < 1.29 is 9.53 Å². The highest BCUT2D eigenvalue weighted by Crippen LogP contribution is 2.23. The molecule has 1 amide bonds. The molecule has 0 radical (unpaired) electrons. The van der Waals surface area contributed by atoms with Crippen LogP contribution in [-0.2, 0) is 17.8 Å². The second-order valence-electron chi connectivity index (χ2n) is 7.17. The number of aromatic nitrogens is 4. The van der Waals surface area contributed by atoms with E-state index in [1.54, 1.807) is 18.7 Å². The maximum absolute atomic E-state index is 12.6. The van der Waals surface area contributed by atoms with Crippen LogP contribution in [0.4, 0.5) is 0 Å². The van der Waals surface area contributed by atoms with E-state index < -0.39 is 0 Å². The zero-order valence-electron chi connectivity index (χ0n) is 16.0. The van der Waals surface area contributed by atoms with Crippen LogP contribution >= 0.6 is 0 Å². The van der Waals surface area contributed by atoms with Gasteiger partial charge in [0.2, 0.25) is 0 Å². The highest BCUT2D eigenvalue weighted by atomic mass is 16.5. The molecule has 7 nitrogen and oxygen atoms in total. The predicted octanol–water partition coefficient (Wildman–Crippen LogP) is 2.72. The van der Waals surface area contributed by atoms with Crippen LogP contribution in [0, 0.1) is 6.92 Å². The second-order valence-corrected chi connectivity index (χ2v) is 7.17. The third-order valence-electron chi connectivity index (χ3n) is 5.23. The first-order chi connectivity index (χ1) is 13.7.